The van der Waals surface area contributed by atoms with E-state index in [1.54, 1.807) is 13.8 Å². The smallest absolute Gasteiger partial charge is 0.309 e. The number of ketones is 1. The van der Waals surface area contributed by atoms with Crippen LogP contribution < -0.4 is 5.32 Å². The second-order valence-electron chi connectivity index (χ2n) is 19.1. The number of rotatable bonds is 9. The number of carboxylic acid groups (broad SMARTS) is 1. The standard InChI is InChI=1S/C40H65NO6/c1-23(2)32-26(42)20-40(29(43)22-41-24(3)4)19-18-38(10)25(33(32)40)12-13-28-37(9)16-15-30(47-31(44)21-35(5,6)34(45)46)36(7,8)27(37)14-17-39(28,38)11/h23-25,27-30,41,43H,12-22H2,1-11H3,(H,45,46)/t25-,27+,28-,29+,30+,37+,38-,39-,40?/m1/s1. The summed E-state index contributed by atoms with van der Waals surface area (Å²) in [5.74, 6) is 0.190. The lowest BCUT2D eigenvalue weighted by Crippen LogP contribution is -2.66. The van der Waals surface area contributed by atoms with E-state index in [1.165, 1.54) is 5.57 Å². The van der Waals surface area contributed by atoms with Gasteiger partial charge in [0, 0.05) is 29.8 Å². The first kappa shape index (κ1) is 36.5. The van der Waals surface area contributed by atoms with Crippen molar-refractivity contribution in [2.45, 2.75) is 159 Å². The number of esters is 1. The van der Waals surface area contributed by atoms with Crippen LogP contribution >= 0.6 is 0 Å². The highest BCUT2D eigenvalue weighted by Gasteiger charge is 2.70. The Hall–Kier alpha value is -1.73. The van der Waals surface area contributed by atoms with Crippen LogP contribution in [0, 0.1) is 56.2 Å². The number of carbonyl (C=O) groups excluding carboxylic acids is 2. The molecule has 9 atom stereocenters. The summed E-state index contributed by atoms with van der Waals surface area (Å²) in [7, 11) is 0. The molecule has 0 radical (unpaired) electrons. The summed E-state index contributed by atoms with van der Waals surface area (Å²) >= 11 is 0. The van der Waals surface area contributed by atoms with Gasteiger partial charge in [0.1, 0.15) is 6.10 Å². The van der Waals surface area contributed by atoms with Crippen LogP contribution in [0.4, 0.5) is 0 Å². The van der Waals surface area contributed by atoms with E-state index >= 15 is 0 Å². The third-order valence-electron chi connectivity index (χ3n) is 15.2. The lowest BCUT2D eigenvalue weighted by atomic mass is 9.33. The zero-order valence-corrected chi connectivity index (χ0v) is 31.3. The number of allylic oxidation sites excluding steroid dienone is 1. The molecule has 1 unspecified atom stereocenters. The fourth-order valence-electron chi connectivity index (χ4n) is 12.5. The molecule has 0 aromatic heterocycles. The highest BCUT2D eigenvalue weighted by molar-refractivity contribution is 6.00. The van der Waals surface area contributed by atoms with Gasteiger partial charge in [-0.05, 0) is 111 Å². The van der Waals surface area contributed by atoms with Gasteiger partial charge in [0.15, 0.2) is 5.78 Å². The Balaban J connectivity index is 1.45. The number of aliphatic hydroxyl groups excluding tert-OH is 1. The van der Waals surface area contributed by atoms with Crippen LogP contribution in [0.1, 0.15) is 140 Å². The Bertz CT molecular complexity index is 1310. The summed E-state index contributed by atoms with van der Waals surface area (Å²) in [6.45, 7) is 24.4. The quantitative estimate of drug-likeness (QED) is 0.218. The van der Waals surface area contributed by atoms with E-state index in [0.29, 0.717) is 24.8 Å². The monoisotopic (exact) mass is 655 g/mol. The second-order valence-corrected chi connectivity index (χ2v) is 19.1. The number of carboxylic acids is 1. The first-order chi connectivity index (χ1) is 21.6. The molecule has 266 valence electrons. The Labute approximate surface area is 284 Å². The summed E-state index contributed by atoms with van der Waals surface area (Å²) in [6, 6.07) is 0.272. The molecule has 0 aromatic carbocycles. The maximum Gasteiger partial charge on any atom is 0.309 e. The highest BCUT2D eigenvalue weighted by atomic mass is 16.5. The molecule has 7 heteroatoms. The van der Waals surface area contributed by atoms with Crippen molar-refractivity contribution in [1.29, 1.82) is 0 Å². The van der Waals surface area contributed by atoms with Crippen molar-refractivity contribution < 1.29 is 29.3 Å². The number of nitrogens with one attached hydrogen (secondary N) is 1. The van der Waals surface area contributed by atoms with Crippen LogP contribution in [0.15, 0.2) is 11.1 Å². The molecule has 4 saturated carbocycles. The van der Waals surface area contributed by atoms with Crippen molar-refractivity contribution in [2.24, 2.45) is 56.2 Å². The van der Waals surface area contributed by atoms with Crippen LogP contribution in [0.5, 0.6) is 0 Å². The molecule has 0 saturated heterocycles. The van der Waals surface area contributed by atoms with Gasteiger partial charge in [-0.1, -0.05) is 67.9 Å². The predicted molar refractivity (Wildman–Crippen MR) is 184 cm³/mol. The van der Waals surface area contributed by atoms with E-state index in [-0.39, 0.29) is 57.8 Å². The Morgan fingerprint density at radius 3 is 2.17 bits per heavy atom. The third-order valence-corrected chi connectivity index (χ3v) is 15.2. The van der Waals surface area contributed by atoms with Gasteiger partial charge in [-0.25, -0.2) is 0 Å². The summed E-state index contributed by atoms with van der Waals surface area (Å²) in [6.07, 6.45) is 7.50. The molecule has 47 heavy (non-hydrogen) atoms. The Kier molecular flexibility index (Phi) is 9.30. The van der Waals surface area contributed by atoms with Crippen molar-refractivity contribution >= 4 is 17.7 Å². The summed E-state index contributed by atoms with van der Waals surface area (Å²) < 4.78 is 6.14. The number of carbonyl (C=O) groups is 3. The number of ether oxygens (including phenoxy) is 1. The minimum atomic E-state index is -1.15. The van der Waals surface area contributed by atoms with E-state index in [2.05, 4.69) is 67.6 Å². The molecule has 0 aromatic rings. The van der Waals surface area contributed by atoms with Crippen LogP contribution in [0.3, 0.4) is 0 Å². The molecule has 7 nitrogen and oxygen atoms in total. The van der Waals surface area contributed by atoms with Gasteiger partial charge in [0.25, 0.3) is 0 Å². The number of fused-ring (bicyclic) bond motifs is 7. The fraction of sp³-hybridized carbons (Fsp3) is 0.875. The number of aliphatic hydroxyl groups is 1. The van der Waals surface area contributed by atoms with Crippen LogP contribution in [-0.4, -0.2) is 52.7 Å². The fourth-order valence-corrected chi connectivity index (χ4v) is 12.5. The molecule has 3 N–H and O–H groups in total. The topological polar surface area (TPSA) is 113 Å². The Morgan fingerprint density at radius 1 is 0.915 bits per heavy atom. The number of Topliss-reactive ketones (excluding diaryl/α,β-unsaturated/α-hetero) is 1. The van der Waals surface area contributed by atoms with Crippen molar-refractivity contribution in [3.63, 3.8) is 0 Å². The molecule has 5 rings (SSSR count). The van der Waals surface area contributed by atoms with Crippen molar-refractivity contribution in [3.8, 4) is 0 Å². The first-order valence-corrected chi connectivity index (χ1v) is 18.7. The maximum absolute atomic E-state index is 13.8. The van der Waals surface area contributed by atoms with E-state index in [0.717, 1.165) is 56.9 Å². The maximum atomic E-state index is 13.8. The molecule has 0 bridgehead atoms. The molecule has 0 spiro atoms. The van der Waals surface area contributed by atoms with E-state index in [4.69, 9.17) is 4.74 Å². The number of aliphatic carboxylic acids is 1. The summed E-state index contributed by atoms with van der Waals surface area (Å²) in [5.41, 5.74) is 0.677. The predicted octanol–water partition coefficient (Wildman–Crippen LogP) is 7.74. The third kappa shape index (κ3) is 5.47. The minimum Gasteiger partial charge on any atom is -0.481 e. The van der Waals surface area contributed by atoms with Crippen molar-refractivity contribution in [3.05, 3.63) is 11.1 Å². The van der Waals surface area contributed by atoms with Gasteiger partial charge in [0.2, 0.25) is 0 Å². The number of hydrogen-bond donors (Lipinski definition) is 3. The van der Waals surface area contributed by atoms with Gasteiger partial charge in [-0.15, -0.1) is 0 Å². The first-order valence-electron chi connectivity index (χ1n) is 18.7. The highest BCUT2D eigenvalue weighted by Crippen LogP contribution is 2.77. The number of hydrogen-bond acceptors (Lipinski definition) is 6. The Morgan fingerprint density at radius 2 is 1.57 bits per heavy atom. The lowest BCUT2D eigenvalue weighted by molar-refractivity contribution is -0.235. The van der Waals surface area contributed by atoms with Crippen LogP contribution in [0.25, 0.3) is 0 Å². The summed E-state index contributed by atoms with van der Waals surface area (Å²) in [5, 5.41) is 24.9. The van der Waals surface area contributed by atoms with E-state index in [1.807, 2.05) is 0 Å². The molecule has 0 aliphatic heterocycles. The average Bonchev–Trinajstić information content (AvgIpc) is 3.26. The van der Waals surface area contributed by atoms with Crippen molar-refractivity contribution in [2.75, 3.05) is 6.54 Å². The molecule has 0 heterocycles. The average molecular weight is 656 g/mol. The lowest BCUT2D eigenvalue weighted by Gasteiger charge is -2.72. The van der Waals surface area contributed by atoms with Gasteiger partial charge in [0.05, 0.1) is 17.9 Å². The molecule has 5 aliphatic carbocycles. The molecule has 0 amide bonds. The van der Waals surface area contributed by atoms with Crippen molar-refractivity contribution in [1.82, 2.24) is 5.32 Å². The van der Waals surface area contributed by atoms with Gasteiger partial charge < -0.3 is 20.3 Å². The second kappa shape index (κ2) is 12.0. The SMILES string of the molecule is CC(C)NC[C@H](O)C12CC[C@]3(C)[C@H](CC[C@@H]4[C@@]5(C)CC[C@H](OC(=O)CC(C)(C)C(=O)O)C(C)(C)[C@@H]5CC[C@]43C)C1=C(C(C)C)C(=O)C2. The molecular formula is C40H65NO6. The van der Waals surface area contributed by atoms with Gasteiger partial charge >= 0.3 is 11.9 Å². The molecular weight excluding hydrogens is 590 g/mol. The van der Waals surface area contributed by atoms with Gasteiger partial charge in [-0.3, -0.25) is 14.4 Å². The van der Waals surface area contributed by atoms with E-state index in [9.17, 15) is 24.6 Å². The minimum absolute atomic E-state index is 0.0224. The van der Waals surface area contributed by atoms with Gasteiger partial charge in [-0.2, -0.15) is 0 Å². The molecule has 4 fully saturated rings. The van der Waals surface area contributed by atoms with Crippen LogP contribution in [-0.2, 0) is 19.1 Å². The van der Waals surface area contributed by atoms with Crippen LogP contribution in [0.2, 0.25) is 0 Å². The zero-order valence-electron chi connectivity index (χ0n) is 31.3. The molecule has 5 aliphatic rings. The normalized spacial score (nSPS) is 40.4. The van der Waals surface area contributed by atoms with E-state index < -0.39 is 28.9 Å². The zero-order chi connectivity index (χ0) is 35.1. The largest absolute Gasteiger partial charge is 0.481 e. The summed E-state index contributed by atoms with van der Waals surface area (Å²) in [4.78, 5) is 38.6.